The van der Waals surface area contributed by atoms with Crippen LogP contribution >= 0.6 is 0 Å². The second-order valence-electron chi connectivity index (χ2n) is 4.51. The third-order valence-electron chi connectivity index (χ3n) is 3.36. The summed E-state index contributed by atoms with van der Waals surface area (Å²) in [6, 6.07) is 2.19. The molecule has 3 heterocycles. The molecule has 0 radical (unpaired) electrons. The van der Waals surface area contributed by atoms with Crippen molar-refractivity contribution in [2.75, 3.05) is 13.2 Å². The van der Waals surface area contributed by atoms with Gasteiger partial charge in [0, 0.05) is 31.2 Å². The Bertz CT molecular complexity index is 477. The second-order valence-corrected chi connectivity index (χ2v) is 4.51. The van der Waals surface area contributed by atoms with Gasteiger partial charge in [0.05, 0.1) is 12.3 Å². The van der Waals surface area contributed by atoms with Crippen molar-refractivity contribution in [3.05, 3.63) is 30.4 Å². The van der Waals surface area contributed by atoms with E-state index >= 15 is 0 Å². The Hall–Kier alpha value is -1.46. The Balaban J connectivity index is 1.80. The van der Waals surface area contributed by atoms with E-state index < -0.39 is 0 Å². The number of imidazole rings is 1. The molecular weight excluding hydrogens is 216 g/mol. The van der Waals surface area contributed by atoms with E-state index in [4.69, 9.17) is 0 Å². The van der Waals surface area contributed by atoms with Crippen LogP contribution in [0, 0.1) is 0 Å². The fraction of sp³-hybridized carbons (Fsp3) is 0.500. The maximum atomic E-state index is 9.27. The summed E-state index contributed by atoms with van der Waals surface area (Å²) in [5, 5.41) is 9.27. The van der Waals surface area contributed by atoms with E-state index in [0.29, 0.717) is 6.04 Å². The van der Waals surface area contributed by atoms with Crippen molar-refractivity contribution in [1.82, 2.24) is 19.3 Å². The van der Waals surface area contributed by atoms with Gasteiger partial charge >= 0.3 is 0 Å². The minimum absolute atomic E-state index is 0.242. The third-order valence-corrected chi connectivity index (χ3v) is 3.36. The minimum Gasteiger partial charge on any atom is -0.395 e. The van der Waals surface area contributed by atoms with Crippen molar-refractivity contribution in [2.45, 2.75) is 25.4 Å². The lowest BCUT2D eigenvalue weighted by atomic mass is 10.2. The van der Waals surface area contributed by atoms with Crippen LogP contribution in [0.5, 0.6) is 0 Å². The largest absolute Gasteiger partial charge is 0.395 e. The van der Waals surface area contributed by atoms with Gasteiger partial charge in [-0.1, -0.05) is 0 Å². The van der Waals surface area contributed by atoms with Gasteiger partial charge in [0.1, 0.15) is 0 Å². The van der Waals surface area contributed by atoms with Gasteiger partial charge in [-0.3, -0.25) is 9.30 Å². The summed E-state index contributed by atoms with van der Waals surface area (Å²) in [7, 11) is 0. The number of hydrogen-bond donors (Lipinski definition) is 1. The number of aliphatic hydroxyl groups excluding tert-OH is 1. The number of hydrogen-bond acceptors (Lipinski definition) is 4. The molecule has 1 N–H and O–H groups in total. The number of aliphatic hydroxyl groups is 1. The number of likely N-dealkylation sites (tertiary alicyclic amines) is 1. The maximum Gasteiger partial charge on any atom is 0.233 e. The van der Waals surface area contributed by atoms with Crippen molar-refractivity contribution in [3.63, 3.8) is 0 Å². The van der Waals surface area contributed by atoms with Crippen molar-refractivity contribution in [3.8, 4) is 0 Å². The number of aromatic nitrogens is 3. The molecule has 2 aromatic rings. The van der Waals surface area contributed by atoms with Crippen LogP contribution in [-0.4, -0.2) is 43.6 Å². The molecule has 0 saturated carbocycles. The third kappa shape index (κ3) is 2.03. The van der Waals surface area contributed by atoms with Crippen LogP contribution in [0.2, 0.25) is 0 Å². The molecule has 1 atom stereocenters. The summed E-state index contributed by atoms with van der Waals surface area (Å²) in [5.41, 5.74) is 1.02. The lowest BCUT2D eigenvalue weighted by molar-refractivity contribution is 0.152. The first-order chi connectivity index (χ1) is 8.36. The summed E-state index contributed by atoms with van der Waals surface area (Å²) in [4.78, 5) is 11.0. The number of nitrogens with zero attached hydrogens (tertiary/aromatic N) is 4. The maximum absolute atomic E-state index is 9.27. The van der Waals surface area contributed by atoms with Crippen molar-refractivity contribution in [1.29, 1.82) is 0 Å². The fourth-order valence-electron chi connectivity index (χ4n) is 2.47. The SMILES string of the molecule is OC[C@@H]1CCCN1Cc1cn2cccnc2n1. The molecule has 0 amide bonds. The molecule has 1 fully saturated rings. The van der Waals surface area contributed by atoms with Gasteiger partial charge in [0.2, 0.25) is 5.78 Å². The average molecular weight is 232 g/mol. The van der Waals surface area contributed by atoms with Crippen LogP contribution in [0.1, 0.15) is 18.5 Å². The zero-order chi connectivity index (χ0) is 11.7. The summed E-state index contributed by atoms with van der Waals surface area (Å²) in [6.07, 6.45) is 7.96. The first kappa shape index (κ1) is 10.7. The van der Waals surface area contributed by atoms with Gasteiger partial charge < -0.3 is 5.11 Å². The van der Waals surface area contributed by atoms with Crippen LogP contribution in [0.15, 0.2) is 24.7 Å². The molecular formula is C12H16N4O. The highest BCUT2D eigenvalue weighted by Gasteiger charge is 2.24. The molecule has 0 aromatic carbocycles. The first-order valence-corrected chi connectivity index (χ1v) is 6.00. The Kier molecular flexibility index (Phi) is 2.78. The predicted molar refractivity (Wildman–Crippen MR) is 63.5 cm³/mol. The molecule has 1 aliphatic heterocycles. The van der Waals surface area contributed by atoms with Gasteiger partial charge in [-0.25, -0.2) is 9.97 Å². The molecule has 1 aliphatic rings. The van der Waals surface area contributed by atoms with E-state index in [9.17, 15) is 5.11 Å². The van der Waals surface area contributed by atoms with E-state index in [2.05, 4.69) is 14.9 Å². The number of rotatable bonds is 3. The fourth-order valence-corrected chi connectivity index (χ4v) is 2.47. The van der Waals surface area contributed by atoms with E-state index in [1.807, 2.05) is 22.9 Å². The average Bonchev–Trinajstić information content (AvgIpc) is 2.94. The van der Waals surface area contributed by atoms with Crippen LogP contribution in [-0.2, 0) is 6.54 Å². The van der Waals surface area contributed by atoms with Gasteiger partial charge in [0.15, 0.2) is 0 Å². The highest BCUT2D eigenvalue weighted by atomic mass is 16.3. The molecule has 3 rings (SSSR count). The van der Waals surface area contributed by atoms with Crippen LogP contribution in [0.3, 0.4) is 0 Å². The Morgan fingerprint density at radius 2 is 2.41 bits per heavy atom. The zero-order valence-electron chi connectivity index (χ0n) is 9.66. The predicted octanol–water partition coefficient (Wildman–Crippen LogP) is 0.686. The Morgan fingerprint density at radius 1 is 1.47 bits per heavy atom. The molecule has 1 saturated heterocycles. The molecule has 0 unspecified atom stereocenters. The molecule has 5 heteroatoms. The van der Waals surface area contributed by atoms with E-state index in [1.165, 1.54) is 0 Å². The second kappa shape index (κ2) is 4.43. The van der Waals surface area contributed by atoms with Crippen molar-refractivity contribution in [2.24, 2.45) is 0 Å². The quantitative estimate of drug-likeness (QED) is 0.845. The zero-order valence-corrected chi connectivity index (χ0v) is 9.66. The highest BCUT2D eigenvalue weighted by Crippen LogP contribution is 2.19. The van der Waals surface area contributed by atoms with Crippen molar-refractivity contribution < 1.29 is 5.11 Å². The number of fused-ring (bicyclic) bond motifs is 1. The van der Waals surface area contributed by atoms with Crippen LogP contribution in [0.25, 0.3) is 5.78 Å². The Labute approximate surface area is 99.7 Å². The molecule has 0 spiro atoms. The lowest BCUT2D eigenvalue weighted by Gasteiger charge is -2.21. The van der Waals surface area contributed by atoms with Gasteiger partial charge in [-0.15, -0.1) is 0 Å². The summed E-state index contributed by atoms with van der Waals surface area (Å²) < 4.78 is 1.93. The standard InChI is InChI=1S/C12H16N4O/c17-9-11-3-1-5-15(11)7-10-8-16-6-2-4-13-12(16)14-10/h2,4,6,8,11,17H,1,3,5,7,9H2/t11-/m0/s1. The first-order valence-electron chi connectivity index (χ1n) is 6.00. The molecule has 0 bridgehead atoms. The van der Waals surface area contributed by atoms with E-state index in [0.717, 1.165) is 37.4 Å². The molecule has 0 aliphatic carbocycles. The summed E-state index contributed by atoms with van der Waals surface area (Å²) in [6.45, 7) is 2.09. The van der Waals surface area contributed by atoms with Gasteiger partial charge in [-0.05, 0) is 25.5 Å². The molecule has 17 heavy (non-hydrogen) atoms. The summed E-state index contributed by atoms with van der Waals surface area (Å²) in [5.74, 6) is 0.738. The van der Waals surface area contributed by atoms with Crippen molar-refractivity contribution >= 4 is 5.78 Å². The topological polar surface area (TPSA) is 53.7 Å². The Morgan fingerprint density at radius 3 is 3.24 bits per heavy atom. The van der Waals surface area contributed by atoms with Gasteiger partial charge in [-0.2, -0.15) is 0 Å². The lowest BCUT2D eigenvalue weighted by Crippen LogP contribution is -2.31. The monoisotopic (exact) mass is 232 g/mol. The van der Waals surface area contributed by atoms with E-state index in [-0.39, 0.29) is 6.61 Å². The van der Waals surface area contributed by atoms with Gasteiger partial charge in [0.25, 0.3) is 0 Å². The summed E-state index contributed by atoms with van der Waals surface area (Å²) >= 11 is 0. The van der Waals surface area contributed by atoms with Crippen LogP contribution in [0.4, 0.5) is 0 Å². The minimum atomic E-state index is 0.242. The highest BCUT2D eigenvalue weighted by molar-refractivity contribution is 5.29. The normalized spacial score (nSPS) is 21.4. The molecule has 90 valence electrons. The molecule has 2 aromatic heterocycles. The van der Waals surface area contributed by atoms with Crippen LogP contribution < -0.4 is 0 Å². The molecule has 5 nitrogen and oxygen atoms in total. The van der Waals surface area contributed by atoms with E-state index in [1.54, 1.807) is 6.20 Å². The smallest absolute Gasteiger partial charge is 0.233 e.